The maximum Gasteiger partial charge on any atom is 0.329 e. The number of piperidine rings is 1. The second kappa shape index (κ2) is 8.03. The van der Waals surface area contributed by atoms with Crippen molar-refractivity contribution in [2.24, 2.45) is 11.8 Å². The van der Waals surface area contributed by atoms with E-state index in [0.29, 0.717) is 44.7 Å². The number of nitrogens with zero attached hydrogens (tertiary/aromatic N) is 1. The second-order valence-corrected chi connectivity index (χ2v) is 9.56. The highest BCUT2D eigenvalue weighted by Crippen LogP contribution is 2.34. The van der Waals surface area contributed by atoms with Gasteiger partial charge in [0.1, 0.15) is 5.54 Å². The first-order valence-corrected chi connectivity index (χ1v) is 10.9. The summed E-state index contributed by atoms with van der Waals surface area (Å²) in [6, 6.07) is 0. The van der Waals surface area contributed by atoms with E-state index in [9.17, 15) is 23.1 Å². The van der Waals surface area contributed by atoms with Crippen LogP contribution in [0.1, 0.15) is 58.8 Å². The number of carboxylic acid groups (broad SMARTS) is 1. The van der Waals surface area contributed by atoms with Crippen molar-refractivity contribution in [3.05, 3.63) is 0 Å². The zero-order chi connectivity index (χ0) is 18.7. The summed E-state index contributed by atoms with van der Waals surface area (Å²) < 4.78 is 25.2. The largest absolute Gasteiger partial charge is 0.480 e. The molecule has 1 saturated carbocycles. The molecule has 0 aromatic heterocycles. The lowest BCUT2D eigenvalue weighted by molar-refractivity contribution is -0.150. The minimum atomic E-state index is -3.22. The molecule has 0 unspecified atom stereocenters. The summed E-state index contributed by atoms with van der Waals surface area (Å²) in [6.07, 6.45) is 4.49. The van der Waals surface area contributed by atoms with Gasteiger partial charge in [-0.25, -0.2) is 17.5 Å². The lowest BCUT2D eigenvalue weighted by atomic mass is 9.75. The van der Waals surface area contributed by atoms with Crippen molar-refractivity contribution in [2.45, 2.75) is 64.3 Å². The first kappa shape index (κ1) is 20.2. The highest BCUT2D eigenvalue weighted by Gasteiger charge is 2.44. The number of carbonyl (C=O) groups excluding carboxylic acids is 1. The summed E-state index contributed by atoms with van der Waals surface area (Å²) in [7, 11) is -3.22. The Bertz CT molecular complexity index is 588. The Balaban J connectivity index is 1.96. The highest BCUT2D eigenvalue weighted by atomic mass is 32.2. The second-order valence-electron chi connectivity index (χ2n) is 7.30. The van der Waals surface area contributed by atoms with Crippen LogP contribution in [-0.4, -0.2) is 54.1 Å². The number of carboxylic acids is 1. The standard InChI is InChI=1S/C17H30N2O5S/c1-3-13-5-9-17(10-6-13,16(21)22)18-15(20)14-7-11-19(12-8-14)25(23,24)4-2/h13-14H,3-12H2,1-2H3,(H,18,20)(H,21,22). The molecule has 1 saturated heterocycles. The molecule has 0 radical (unpaired) electrons. The third-order valence-electron chi connectivity index (χ3n) is 5.89. The number of amides is 1. The Morgan fingerprint density at radius 3 is 2.12 bits per heavy atom. The molecule has 0 bridgehead atoms. The number of carbonyl (C=O) groups is 2. The van der Waals surface area contributed by atoms with E-state index in [4.69, 9.17) is 0 Å². The molecule has 144 valence electrons. The van der Waals surface area contributed by atoms with Gasteiger partial charge in [0.25, 0.3) is 0 Å². The Morgan fingerprint density at radius 1 is 1.12 bits per heavy atom. The molecule has 1 aliphatic carbocycles. The van der Waals surface area contributed by atoms with Crippen molar-refractivity contribution in [3.63, 3.8) is 0 Å². The fourth-order valence-electron chi connectivity index (χ4n) is 3.89. The fraction of sp³-hybridized carbons (Fsp3) is 0.882. The first-order chi connectivity index (χ1) is 11.7. The smallest absolute Gasteiger partial charge is 0.329 e. The molecule has 2 rings (SSSR count). The summed E-state index contributed by atoms with van der Waals surface area (Å²) in [5.74, 6) is -0.924. The number of aliphatic carboxylic acids is 1. The molecule has 1 amide bonds. The number of nitrogens with one attached hydrogen (secondary N) is 1. The van der Waals surface area contributed by atoms with Gasteiger partial charge in [-0.05, 0) is 51.4 Å². The average molecular weight is 375 g/mol. The molecule has 0 atom stereocenters. The van der Waals surface area contributed by atoms with Crippen LogP contribution in [0.4, 0.5) is 0 Å². The van der Waals surface area contributed by atoms with Crippen LogP contribution in [0.3, 0.4) is 0 Å². The normalized spacial score (nSPS) is 29.3. The van der Waals surface area contributed by atoms with E-state index < -0.39 is 21.5 Å². The molecule has 0 spiro atoms. The first-order valence-electron chi connectivity index (χ1n) is 9.27. The predicted molar refractivity (Wildman–Crippen MR) is 94.5 cm³/mol. The van der Waals surface area contributed by atoms with Gasteiger partial charge in [0.05, 0.1) is 5.75 Å². The quantitative estimate of drug-likeness (QED) is 0.735. The van der Waals surface area contributed by atoms with Crippen LogP contribution < -0.4 is 5.32 Å². The molecule has 0 aromatic carbocycles. The fourth-order valence-corrected chi connectivity index (χ4v) is 5.02. The van der Waals surface area contributed by atoms with Crippen molar-refractivity contribution < 1.29 is 23.1 Å². The number of rotatable bonds is 6. The van der Waals surface area contributed by atoms with Gasteiger partial charge in [-0.15, -0.1) is 0 Å². The van der Waals surface area contributed by atoms with Crippen LogP contribution in [0.2, 0.25) is 0 Å². The monoisotopic (exact) mass is 374 g/mol. The molecule has 2 aliphatic rings. The Hall–Kier alpha value is -1.15. The molecule has 8 heteroatoms. The molecular formula is C17H30N2O5S. The van der Waals surface area contributed by atoms with E-state index in [1.807, 2.05) is 0 Å². The van der Waals surface area contributed by atoms with E-state index in [0.717, 1.165) is 19.3 Å². The van der Waals surface area contributed by atoms with E-state index in [1.54, 1.807) is 6.92 Å². The van der Waals surface area contributed by atoms with Gasteiger partial charge in [0.2, 0.25) is 15.9 Å². The Labute approximate surface area is 150 Å². The lowest BCUT2D eigenvalue weighted by Crippen LogP contribution is -2.58. The summed E-state index contributed by atoms with van der Waals surface area (Å²) in [5.41, 5.74) is -1.16. The summed E-state index contributed by atoms with van der Waals surface area (Å²) in [5, 5.41) is 12.5. The molecule has 25 heavy (non-hydrogen) atoms. The molecule has 2 N–H and O–H groups in total. The maximum atomic E-state index is 12.6. The van der Waals surface area contributed by atoms with Crippen molar-refractivity contribution in [1.82, 2.24) is 9.62 Å². The van der Waals surface area contributed by atoms with Gasteiger partial charge in [0, 0.05) is 19.0 Å². The highest BCUT2D eigenvalue weighted by molar-refractivity contribution is 7.89. The molecule has 7 nitrogen and oxygen atoms in total. The maximum absolute atomic E-state index is 12.6. The molecule has 0 aromatic rings. The number of hydrogen-bond donors (Lipinski definition) is 2. The summed E-state index contributed by atoms with van der Waals surface area (Å²) in [4.78, 5) is 24.4. The Morgan fingerprint density at radius 2 is 1.68 bits per heavy atom. The van der Waals surface area contributed by atoms with E-state index >= 15 is 0 Å². The summed E-state index contributed by atoms with van der Waals surface area (Å²) in [6.45, 7) is 4.37. The van der Waals surface area contributed by atoms with E-state index in [2.05, 4.69) is 12.2 Å². The molecule has 2 fully saturated rings. The van der Waals surface area contributed by atoms with Crippen molar-refractivity contribution in [2.75, 3.05) is 18.8 Å². The van der Waals surface area contributed by atoms with E-state index in [-0.39, 0.29) is 17.6 Å². The lowest BCUT2D eigenvalue weighted by Gasteiger charge is -2.39. The van der Waals surface area contributed by atoms with Gasteiger partial charge >= 0.3 is 5.97 Å². The van der Waals surface area contributed by atoms with Crippen LogP contribution in [-0.2, 0) is 19.6 Å². The average Bonchev–Trinajstić information content (AvgIpc) is 2.62. The summed E-state index contributed by atoms with van der Waals surface area (Å²) >= 11 is 0. The predicted octanol–water partition coefficient (Wildman–Crippen LogP) is 1.59. The van der Waals surface area contributed by atoms with Crippen LogP contribution in [0.25, 0.3) is 0 Å². The number of sulfonamides is 1. The van der Waals surface area contributed by atoms with Crippen LogP contribution in [0, 0.1) is 11.8 Å². The van der Waals surface area contributed by atoms with Crippen LogP contribution >= 0.6 is 0 Å². The Kier molecular flexibility index (Phi) is 6.48. The van der Waals surface area contributed by atoms with Gasteiger partial charge < -0.3 is 10.4 Å². The zero-order valence-corrected chi connectivity index (χ0v) is 16.0. The van der Waals surface area contributed by atoms with Gasteiger partial charge in [-0.1, -0.05) is 13.3 Å². The SMILES string of the molecule is CCC1CCC(NC(=O)C2CCN(S(=O)(=O)CC)CC2)(C(=O)O)CC1. The third-order valence-corrected chi connectivity index (χ3v) is 7.77. The van der Waals surface area contributed by atoms with Gasteiger partial charge in [0.15, 0.2) is 0 Å². The number of hydrogen-bond acceptors (Lipinski definition) is 4. The van der Waals surface area contributed by atoms with Gasteiger partial charge in [-0.2, -0.15) is 0 Å². The molecule has 1 aliphatic heterocycles. The van der Waals surface area contributed by atoms with Crippen LogP contribution in [0.5, 0.6) is 0 Å². The minimum Gasteiger partial charge on any atom is -0.480 e. The topological polar surface area (TPSA) is 104 Å². The molecule has 1 heterocycles. The van der Waals surface area contributed by atoms with Crippen molar-refractivity contribution in [3.8, 4) is 0 Å². The minimum absolute atomic E-state index is 0.0601. The van der Waals surface area contributed by atoms with Crippen molar-refractivity contribution >= 4 is 21.9 Å². The van der Waals surface area contributed by atoms with Crippen molar-refractivity contribution in [1.29, 1.82) is 0 Å². The molecular weight excluding hydrogens is 344 g/mol. The third kappa shape index (κ3) is 4.53. The van der Waals surface area contributed by atoms with E-state index in [1.165, 1.54) is 4.31 Å². The van der Waals surface area contributed by atoms with Gasteiger partial charge in [-0.3, -0.25) is 4.79 Å². The zero-order valence-electron chi connectivity index (χ0n) is 15.2. The van der Waals surface area contributed by atoms with Crippen LogP contribution in [0.15, 0.2) is 0 Å².